The van der Waals surface area contributed by atoms with Crippen LogP contribution in [0.25, 0.3) is 4.96 Å². The number of ether oxygens (including phenoxy) is 3. The van der Waals surface area contributed by atoms with Gasteiger partial charge in [-0.1, -0.05) is 11.3 Å². The van der Waals surface area contributed by atoms with E-state index in [9.17, 15) is 5.11 Å². The highest BCUT2D eigenvalue weighted by Crippen LogP contribution is 2.37. The topological polar surface area (TPSA) is 82.6 Å². The van der Waals surface area contributed by atoms with Crippen molar-refractivity contribution in [2.75, 3.05) is 27.3 Å². The highest BCUT2D eigenvalue weighted by Gasteiger charge is 2.37. The van der Waals surface area contributed by atoms with Crippen LogP contribution < -0.4 is 14.4 Å². The number of fused-ring (bicyclic) bond motifs is 1. The highest BCUT2D eigenvalue weighted by molar-refractivity contribution is 7.17. The summed E-state index contributed by atoms with van der Waals surface area (Å²) in [5.74, 6) is 1.48. The van der Waals surface area contributed by atoms with Gasteiger partial charge in [-0.15, -0.1) is 0 Å². The van der Waals surface area contributed by atoms with Crippen LogP contribution in [0.4, 0.5) is 0 Å². The first-order valence-corrected chi connectivity index (χ1v) is 10.1. The van der Waals surface area contributed by atoms with Gasteiger partial charge in [0, 0.05) is 5.56 Å². The third kappa shape index (κ3) is 3.30. The van der Waals surface area contributed by atoms with Crippen LogP contribution in [0.15, 0.2) is 24.5 Å². The summed E-state index contributed by atoms with van der Waals surface area (Å²) in [6, 6.07) is 5.82. The number of hydrogen-bond donors (Lipinski definition) is 2. The van der Waals surface area contributed by atoms with E-state index in [1.807, 2.05) is 18.2 Å². The van der Waals surface area contributed by atoms with Crippen LogP contribution in [0.3, 0.4) is 0 Å². The zero-order chi connectivity index (χ0) is 19.8. The first kappa shape index (κ1) is 19.0. The van der Waals surface area contributed by atoms with Crippen LogP contribution >= 0.6 is 11.3 Å². The fraction of sp³-hybridized carbons (Fsp3) is 0.474. The Labute approximate surface area is 167 Å². The molecule has 1 aliphatic rings. The number of aromatic hydroxyl groups is 1. The number of benzene rings is 1. The Bertz CT molecular complexity index is 962. The molecule has 0 aliphatic carbocycles. The van der Waals surface area contributed by atoms with Crippen LogP contribution in [0, 0.1) is 0 Å². The lowest BCUT2D eigenvalue weighted by molar-refractivity contribution is -0.939. The predicted molar refractivity (Wildman–Crippen MR) is 105 cm³/mol. The summed E-state index contributed by atoms with van der Waals surface area (Å²) in [5.41, 5.74) is 1.04. The van der Waals surface area contributed by atoms with Crippen molar-refractivity contribution in [1.29, 1.82) is 0 Å². The maximum atomic E-state index is 10.9. The molecule has 0 amide bonds. The Morgan fingerprint density at radius 1 is 1.21 bits per heavy atom. The van der Waals surface area contributed by atoms with Crippen molar-refractivity contribution in [3.63, 3.8) is 0 Å². The molecule has 1 aliphatic heterocycles. The zero-order valence-electron chi connectivity index (χ0n) is 16.4. The molecule has 1 fully saturated rings. The summed E-state index contributed by atoms with van der Waals surface area (Å²) in [5, 5.41) is 15.0. The van der Waals surface area contributed by atoms with Gasteiger partial charge in [0.1, 0.15) is 36.5 Å². The van der Waals surface area contributed by atoms with Crippen molar-refractivity contribution in [2.45, 2.75) is 32.1 Å². The Morgan fingerprint density at radius 3 is 2.57 bits per heavy atom. The zero-order valence-corrected chi connectivity index (χ0v) is 17.2. The van der Waals surface area contributed by atoms with Gasteiger partial charge in [0.25, 0.3) is 0 Å². The second kappa shape index (κ2) is 7.57. The van der Waals surface area contributed by atoms with Gasteiger partial charge in [-0.05, 0) is 32.0 Å². The van der Waals surface area contributed by atoms with E-state index in [1.165, 1.54) is 27.1 Å². The summed E-state index contributed by atoms with van der Waals surface area (Å²) >= 11 is 1.46. The first-order valence-electron chi connectivity index (χ1n) is 9.25. The average molecular weight is 406 g/mol. The fourth-order valence-corrected chi connectivity index (χ4v) is 5.15. The molecule has 0 saturated carbocycles. The van der Waals surface area contributed by atoms with Crippen LogP contribution in [-0.2, 0) is 4.74 Å². The molecule has 3 heterocycles. The number of nitrogens with one attached hydrogen (secondary N) is 1. The molecule has 2 aromatic heterocycles. The predicted octanol–water partition coefficient (Wildman–Crippen LogP) is 1.30. The van der Waals surface area contributed by atoms with Gasteiger partial charge < -0.3 is 24.2 Å². The van der Waals surface area contributed by atoms with E-state index in [0.717, 1.165) is 23.5 Å². The van der Waals surface area contributed by atoms with Crippen molar-refractivity contribution in [2.24, 2.45) is 0 Å². The first-order chi connectivity index (χ1) is 13.5. The Morgan fingerprint density at radius 2 is 1.93 bits per heavy atom. The van der Waals surface area contributed by atoms with Crippen molar-refractivity contribution < 1.29 is 24.2 Å². The summed E-state index contributed by atoms with van der Waals surface area (Å²) in [6.07, 6.45) is 1.71. The van der Waals surface area contributed by atoms with Gasteiger partial charge in [-0.3, -0.25) is 0 Å². The van der Waals surface area contributed by atoms with Gasteiger partial charge in [0.15, 0.2) is 17.5 Å². The monoisotopic (exact) mass is 405 g/mol. The van der Waals surface area contributed by atoms with E-state index in [2.05, 4.69) is 23.9 Å². The molecule has 0 spiro atoms. The minimum Gasteiger partial charge on any atom is -0.493 e. The number of morpholine rings is 1. The second-order valence-electron chi connectivity index (χ2n) is 7.12. The van der Waals surface area contributed by atoms with E-state index in [1.54, 1.807) is 14.2 Å². The third-order valence-corrected chi connectivity index (χ3v) is 6.21. The molecule has 9 heteroatoms. The summed E-state index contributed by atoms with van der Waals surface area (Å²) in [4.78, 5) is 7.07. The molecule has 1 aromatic carbocycles. The molecule has 28 heavy (non-hydrogen) atoms. The van der Waals surface area contributed by atoms with Crippen LogP contribution in [-0.4, -0.2) is 59.2 Å². The smallest absolute Gasteiger partial charge is 0.235 e. The van der Waals surface area contributed by atoms with Crippen molar-refractivity contribution >= 4 is 16.3 Å². The third-order valence-electron chi connectivity index (χ3n) is 5.11. The molecular weight excluding hydrogens is 380 g/mol. The summed E-state index contributed by atoms with van der Waals surface area (Å²) in [7, 11) is 3.25. The molecule has 0 radical (unpaired) electrons. The minimum atomic E-state index is -0.0953. The largest absolute Gasteiger partial charge is 0.493 e. The van der Waals surface area contributed by atoms with Gasteiger partial charge in [0.05, 0.1) is 14.2 Å². The van der Waals surface area contributed by atoms with Crippen LogP contribution in [0.1, 0.15) is 30.3 Å². The van der Waals surface area contributed by atoms with Crippen molar-refractivity contribution in [1.82, 2.24) is 14.6 Å². The number of nitrogens with zero attached hydrogens (tertiary/aromatic N) is 3. The van der Waals surface area contributed by atoms with Crippen molar-refractivity contribution in [3.8, 4) is 17.4 Å². The number of methoxy groups -OCH3 is 2. The Hall–Kier alpha value is -2.36. The molecular formula is C19H25N4O4S+. The fourth-order valence-electron chi connectivity index (χ4n) is 4.04. The SMILES string of the molecule is COc1ccc([C@@H](c2sc3ncnn3c2O)[NH+]2C[C@@H](C)O[C@H](C)C2)cc1OC. The number of rotatable bonds is 5. The summed E-state index contributed by atoms with van der Waals surface area (Å²) < 4.78 is 18.3. The van der Waals surface area contributed by atoms with E-state index < -0.39 is 0 Å². The molecule has 0 bridgehead atoms. The van der Waals surface area contributed by atoms with Gasteiger partial charge in [-0.25, -0.2) is 4.98 Å². The number of aromatic nitrogens is 3. The van der Waals surface area contributed by atoms with E-state index in [-0.39, 0.29) is 24.1 Å². The molecule has 0 unspecified atom stereocenters. The van der Waals surface area contributed by atoms with E-state index >= 15 is 0 Å². The second-order valence-corrected chi connectivity index (χ2v) is 8.12. The number of quaternary nitrogens is 1. The highest BCUT2D eigenvalue weighted by atomic mass is 32.1. The van der Waals surface area contributed by atoms with Crippen LogP contribution in [0.2, 0.25) is 0 Å². The standard InChI is InChI=1S/C19H24N4O4S/c1-11-8-22(9-12(2)27-11)16(13-5-6-14(25-3)15(7-13)26-4)17-18(24)23-19(28-17)20-10-21-23/h5-7,10-12,16,24H,8-9H2,1-4H3/p+1/t11-,12-,16+/m1/s1. The quantitative estimate of drug-likeness (QED) is 0.666. The normalized spacial score (nSPS) is 23.6. The molecule has 3 atom stereocenters. The lowest BCUT2D eigenvalue weighted by Crippen LogP contribution is -3.15. The average Bonchev–Trinajstić information content (AvgIpc) is 3.25. The molecule has 150 valence electrons. The van der Waals surface area contributed by atoms with E-state index in [4.69, 9.17) is 14.2 Å². The molecule has 2 N–H and O–H groups in total. The number of hydrogen-bond acceptors (Lipinski definition) is 7. The molecule has 1 saturated heterocycles. The van der Waals surface area contributed by atoms with E-state index in [0.29, 0.717) is 16.5 Å². The van der Waals surface area contributed by atoms with Gasteiger partial charge >= 0.3 is 0 Å². The minimum absolute atomic E-state index is 0.0953. The molecule has 8 nitrogen and oxygen atoms in total. The lowest BCUT2D eigenvalue weighted by atomic mass is 10.0. The lowest BCUT2D eigenvalue weighted by Gasteiger charge is -2.37. The number of thiazole rings is 1. The maximum Gasteiger partial charge on any atom is 0.235 e. The van der Waals surface area contributed by atoms with Gasteiger partial charge in [0.2, 0.25) is 10.8 Å². The maximum absolute atomic E-state index is 10.9. The Balaban J connectivity index is 1.84. The molecule has 4 rings (SSSR count). The Kier molecular flexibility index (Phi) is 5.13. The van der Waals surface area contributed by atoms with Gasteiger partial charge in [-0.2, -0.15) is 9.61 Å². The molecule has 3 aromatic rings. The van der Waals surface area contributed by atoms with Crippen LogP contribution in [0.5, 0.6) is 17.4 Å². The van der Waals surface area contributed by atoms with Crippen molar-refractivity contribution in [3.05, 3.63) is 35.0 Å². The summed E-state index contributed by atoms with van der Waals surface area (Å²) in [6.45, 7) is 5.83.